The molecule has 78 valence electrons. The van der Waals surface area contributed by atoms with Gasteiger partial charge in [-0.05, 0) is 17.2 Å². The van der Waals surface area contributed by atoms with Crippen LogP contribution < -0.4 is 0 Å². The smallest absolute Gasteiger partial charge is 0.220 e. The maximum absolute atomic E-state index is 13.5. The molecule has 2 rings (SSSR count). The maximum Gasteiger partial charge on any atom is 0.220 e. The predicted octanol–water partition coefficient (Wildman–Crippen LogP) is 2.95. The van der Waals surface area contributed by atoms with E-state index in [9.17, 15) is 4.39 Å². The second kappa shape index (κ2) is 4.54. The Morgan fingerprint density at radius 2 is 2.00 bits per heavy atom. The topological polar surface area (TPSA) is 36.7 Å². The highest BCUT2D eigenvalue weighted by Gasteiger charge is 2.06. The van der Waals surface area contributed by atoms with E-state index in [1.807, 2.05) is 36.4 Å². The van der Waals surface area contributed by atoms with Gasteiger partial charge < -0.3 is 0 Å². The van der Waals surface area contributed by atoms with Gasteiger partial charge in [-0.3, -0.25) is 0 Å². The second-order valence-electron chi connectivity index (χ2n) is 3.38. The van der Waals surface area contributed by atoms with Crippen LogP contribution in [0.3, 0.4) is 0 Å². The number of pyridine rings is 1. The van der Waals surface area contributed by atoms with Crippen molar-refractivity contribution in [3.63, 3.8) is 0 Å². The van der Waals surface area contributed by atoms with E-state index in [4.69, 9.17) is 5.26 Å². The minimum absolute atomic E-state index is 0.243. The van der Waals surface area contributed by atoms with Gasteiger partial charge in [0.25, 0.3) is 0 Å². The van der Waals surface area contributed by atoms with E-state index in [-0.39, 0.29) is 6.42 Å². The van der Waals surface area contributed by atoms with Crippen LogP contribution in [-0.2, 0) is 6.42 Å². The molecule has 0 spiro atoms. The molecule has 0 saturated heterocycles. The Kier molecular flexibility index (Phi) is 2.93. The zero-order valence-electron chi connectivity index (χ0n) is 8.52. The first kappa shape index (κ1) is 10.3. The van der Waals surface area contributed by atoms with Crippen molar-refractivity contribution in [2.24, 2.45) is 0 Å². The van der Waals surface area contributed by atoms with Gasteiger partial charge in [-0.2, -0.15) is 9.65 Å². The highest BCUT2D eigenvalue weighted by Crippen LogP contribution is 2.22. The molecule has 16 heavy (non-hydrogen) atoms. The normalized spacial score (nSPS) is 9.75. The van der Waals surface area contributed by atoms with E-state index in [0.29, 0.717) is 5.56 Å². The highest BCUT2D eigenvalue weighted by atomic mass is 19.1. The molecule has 1 aromatic heterocycles. The van der Waals surface area contributed by atoms with Crippen LogP contribution in [0, 0.1) is 17.3 Å². The zero-order chi connectivity index (χ0) is 11.4. The monoisotopic (exact) mass is 212 g/mol. The van der Waals surface area contributed by atoms with Crippen molar-refractivity contribution in [1.29, 1.82) is 5.26 Å². The molecule has 2 nitrogen and oxygen atoms in total. The summed E-state index contributed by atoms with van der Waals surface area (Å²) in [5, 5.41) is 8.58. The molecule has 2 aromatic rings. The van der Waals surface area contributed by atoms with E-state index < -0.39 is 5.95 Å². The van der Waals surface area contributed by atoms with Crippen LogP contribution in [0.1, 0.15) is 5.56 Å². The fraction of sp³-hybridized carbons (Fsp3) is 0.0769. The molecule has 0 aliphatic heterocycles. The standard InChI is InChI=1S/C13H9FN2/c14-13-12(11-4-2-1-3-5-11)8-10(6-7-15)9-16-13/h1-5,8-9H,6H2. The van der Waals surface area contributed by atoms with E-state index in [0.717, 1.165) is 11.1 Å². The molecule has 0 unspecified atom stereocenters. The molecule has 0 aliphatic rings. The summed E-state index contributed by atoms with van der Waals surface area (Å²) in [6.07, 6.45) is 1.64. The number of halogens is 1. The Morgan fingerprint density at radius 3 is 2.69 bits per heavy atom. The molecule has 0 aliphatic carbocycles. The first-order valence-electron chi connectivity index (χ1n) is 4.88. The number of hydrogen-bond donors (Lipinski definition) is 0. The minimum atomic E-state index is -0.507. The number of aromatic nitrogens is 1. The lowest BCUT2D eigenvalue weighted by Crippen LogP contribution is -1.92. The third kappa shape index (κ3) is 2.06. The van der Waals surface area contributed by atoms with Crippen LogP contribution in [0.4, 0.5) is 4.39 Å². The van der Waals surface area contributed by atoms with E-state index in [1.54, 1.807) is 6.07 Å². The molecule has 0 saturated carbocycles. The summed E-state index contributed by atoms with van der Waals surface area (Å²) in [5.41, 5.74) is 1.93. The Balaban J connectivity index is 2.48. The van der Waals surface area contributed by atoms with Gasteiger partial charge in [0.1, 0.15) is 0 Å². The summed E-state index contributed by atoms with van der Waals surface area (Å²) < 4.78 is 13.5. The Labute approximate surface area is 93.0 Å². The second-order valence-corrected chi connectivity index (χ2v) is 3.38. The number of rotatable bonds is 2. The van der Waals surface area contributed by atoms with Crippen LogP contribution in [0.15, 0.2) is 42.6 Å². The largest absolute Gasteiger partial charge is 0.227 e. The summed E-state index contributed by atoms with van der Waals surface area (Å²) >= 11 is 0. The van der Waals surface area contributed by atoms with Gasteiger partial charge in [0.2, 0.25) is 5.95 Å². The zero-order valence-corrected chi connectivity index (χ0v) is 8.52. The third-order valence-corrected chi connectivity index (χ3v) is 2.26. The van der Waals surface area contributed by atoms with Crippen LogP contribution in [0.25, 0.3) is 11.1 Å². The fourth-order valence-electron chi connectivity index (χ4n) is 1.50. The molecule has 0 bridgehead atoms. The van der Waals surface area contributed by atoms with Crippen LogP contribution in [-0.4, -0.2) is 4.98 Å². The molecule has 0 fully saturated rings. The average molecular weight is 212 g/mol. The number of nitriles is 1. The molecular formula is C13H9FN2. The molecule has 0 N–H and O–H groups in total. The van der Waals surface area contributed by atoms with Crippen molar-refractivity contribution in [2.75, 3.05) is 0 Å². The molecular weight excluding hydrogens is 203 g/mol. The van der Waals surface area contributed by atoms with Crippen LogP contribution in [0.5, 0.6) is 0 Å². The molecule has 1 aromatic carbocycles. The Bertz CT molecular complexity index is 529. The quantitative estimate of drug-likeness (QED) is 0.717. The lowest BCUT2D eigenvalue weighted by Gasteiger charge is -2.03. The van der Waals surface area contributed by atoms with Gasteiger partial charge in [0.05, 0.1) is 12.5 Å². The predicted molar refractivity (Wildman–Crippen MR) is 58.9 cm³/mol. The lowest BCUT2D eigenvalue weighted by atomic mass is 10.0. The van der Waals surface area contributed by atoms with Crippen molar-refractivity contribution in [3.8, 4) is 17.2 Å². The summed E-state index contributed by atoms with van der Waals surface area (Å²) in [4.78, 5) is 3.66. The van der Waals surface area contributed by atoms with Crippen molar-refractivity contribution in [1.82, 2.24) is 4.98 Å². The van der Waals surface area contributed by atoms with Gasteiger partial charge in [-0.15, -0.1) is 0 Å². The SMILES string of the molecule is N#CCc1cnc(F)c(-c2ccccc2)c1. The summed E-state index contributed by atoms with van der Waals surface area (Å²) in [6, 6.07) is 12.9. The van der Waals surface area contributed by atoms with Gasteiger partial charge in [0, 0.05) is 11.8 Å². The third-order valence-electron chi connectivity index (χ3n) is 2.26. The molecule has 0 radical (unpaired) electrons. The van der Waals surface area contributed by atoms with Crippen LogP contribution in [0.2, 0.25) is 0 Å². The van der Waals surface area contributed by atoms with Crippen LogP contribution >= 0.6 is 0 Å². The summed E-state index contributed by atoms with van der Waals surface area (Å²) in [5.74, 6) is -0.507. The highest BCUT2D eigenvalue weighted by molar-refractivity contribution is 5.63. The van der Waals surface area contributed by atoms with E-state index >= 15 is 0 Å². The van der Waals surface area contributed by atoms with E-state index in [1.165, 1.54) is 6.20 Å². The van der Waals surface area contributed by atoms with Gasteiger partial charge in [-0.1, -0.05) is 30.3 Å². The Morgan fingerprint density at radius 1 is 1.25 bits per heavy atom. The first-order valence-corrected chi connectivity index (χ1v) is 4.88. The molecule has 0 atom stereocenters. The van der Waals surface area contributed by atoms with E-state index in [2.05, 4.69) is 4.98 Å². The number of nitrogens with zero attached hydrogens (tertiary/aromatic N) is 2. The fourth-order valence-corrected chi connectivity index (χ4v) is 1.50. The average Bonchev–Trinajstić information content (AvgIpc) is 2.33. The molecule has 0 amide bonds. The van der Waals surface area contributed by atoms with Gasteiger partial charge in [-0.25, -0.2) is 4.98 Å². The van der Waals surface area contributed by atoms with Crippen molar-refractivity contribution in [2.45, 2.75) is 6.42 Å². The van der Waals surface area contributed by atoms with Crippen molar-refractivity contribution >= 4 is 0 Å². The number of hydrogen-bond acceptors (Lipinski definition) is 2. The van der Waals surface area contributed by atoms with Crippen molar-refractivity contribution in [3.05, 3.63) is 54.1 Å². The van der Waals surface area contributed by atoms with Gasteiger partial charge >= 0.3 is 0 Å². The number of benzene rings is 1. The molecule has 3 heteroatoms. The van der Waals surface area contributed by atoms with Gasteiger partial charge in [0.15, 0.2) is 0 Å². The molecule has 1 heterocycles. The summed E-state index contributed by atoms with van der Waals surface area (Å²) in [7, 11) is 0. The summed E-state index contributed by atoms with van der Waals surface area (Å²) in [6.45, 7) is 0. The maximum atomic E-state index is 13.5. The Hall–Kier alpha value is -2.21. The van der Waals surface area contributed by atoms with Crippen molar-refractivity contribution < 1.29 is 4.39 Å². The first-order chi connectivity index (χ1) is 7.81. The lowest BCUT2D eigenvalue weighted by molar-refractivity contribution is 0.586. The minimum Gasteiger partial charge on any atom is -0.227 e.